The summed E-state index contributed by atoms with van der Waals surface area (Å²) >= 11 is 0. The molecule has 0 radical (unpaired) electrons. The SMILES string of the molecule is CCc1cc(CC)c2ccccc2c1C1=CC=CC1. The van der Waals surface area contributed by atoms with E-state index in [1.54, 1.807) is 0 Å². The van der Waals surface area contributed by atoms with Gasteiger partial charge in [0, 0.05) is 0 Å². The molecule has 0 spiro atoms. The number of benzene rings is 2. The molecular formula is C19H20. The lowest BCUT2D eigenvalue weighted by molar-refractivity contribution is 1.09. The summed E-state index contributed by atoms with van der Waals surface area (Å²) in [7, 11) is 0. The molecule has 0 N–H and O–H groups in total. The molecule has 0 amide bonds. The van der Waals surface area contributed by atoms with Crippen LogP contribution >= 0.6 is 0 Å². The highest BCUT2D eigenvalue weighted by Gasteiger charge is 2.14. The highest BCUT2D eigenvalue weighted by atomic mass is 14.2. The van der Waals surface area contributed by atoms with Crippen LogP contribution in [0.5, 0.6) is 0 Å². The van der Waals surface area contributed by atoms with Crippen molar-refractivity contribution >= 4 is 16.3 Å². The number of aryl methyl sites for hydroxylation is 2. The van der Waals surface area contributed by atoms with Crippen molar-refractivity contribution in [1.29, 1.82) is 0 Å². The topological polar surface area (TPSA) is 0 Å². The minimum absolute atomic E-state index is 1.07. The smallest absolute Gasteiger partial charge is 0.00881 e. The minimum atomic E-state index is 1.07. The van der Waals surface area contributed by atoms with Crippen molar-refractivity contribution in [1.82, 2.24) is 0 Å². The van der Waals surface area contributed by atoms with Gasteiger partial charge in [0.05, 0.1) is 0 Å². The molecule has 2 aromatic rings. The Labute approximate surface area is 115 Å². The Kier molecular flexibility index (Phi) is 3.25. The van der Waals surface area contributed by atoms with E-state index in [9.17, 15) is 0 Å². The van der Waals surface area contributed by atoms with Gasteiger partial charge in [0.1, 0.15) is 0 Å². The van der Waals surface area contributed by atoms with Crippen LogP contribution < -0.4 is 0 Å². The summed E-state index contributed by atoms with van der Waals surface area (Å²) in [5.41, 5.74) is 5.91. The second kappa shape index (κ2) is 5.05. The molecule has 1 aliphatic rings. The van der Waals surface area contributed by atoms with Crippen molar-refractivity contribution in [2.24, 2.45) is 0 Å². The largest absolute Gasteiger partial charge is 0.0801 e. The standard InChI is InChI=1S/C19H20/c1-3-14-13-15(4-2)19(16-9-5-6-10-16)18-12-8-7-11-17(14)18/h5-9,11-13H,3-4,10H2,1-2H3. The zero-order valence-corrected chi connectivity index (χ0v) is 11.7. The minimum Gasteiger partial charge on any atom is -0.0801 e. The Morgan fingerprint density at radius 2 is 1.68 bits per heavy atom. The third-order valence-corrected chi connectivity index (χ3v) is 4.07. The second-order valence-corrected chi connectivity index (χ2v) is 5.15. The van der Waals surface area contributed by atoms with Crippen LogP contribution in [0, 0.1) is 0 Å². The molecule has 0 saturated carbocycles. The summed E-state index contributed by atoms with van der Waals surface area (Å²) < 4.78 is 0. The van der Waals surface area contributed by atoms with Crippen LogP contribution in [0.25, 0.3) is 16.3 Å². The molecule has 0 bridgehead atoms. The first-order valence-corrected chi connectivity index (χ1v) is 7.24. The highest BCUT2D eigenvalue weighted by Crippen LogP contribution is 2.35. The number of hydrogen-bond donors (Lipinski definition) is 0. The summed E-state index contributed by atoms with van der Waals surface area (Å²) in [6, 6.07) is 11.3. The van der Waals surface area contributed by atoms with Crippen molar-refractivity contribution in [2.45, 2.75) is 33.1 Å². The maximum Gasteiger partial charge on any atom is -0.00881 e. The summed E-state index contributed by atoms with van der Waals surface area (Å²) in [5, 5.41) is 2.85. The number of rotatable bonds is 3. The van der Waals surface area contributed by atoms with Gasteiger partial charge >= 0.3 is 0 Å². The predicted molar refractivity (Wildman–Crippen MR) is 84.4 cm³/mol. The molecule has 0 heteroatoms. The van der Waals surface area contributed by atoms with E-state index in [1.165, 1.54) is 33.0 Å². The Balaban J connectivity index is 2.35. The van der Waals surface area contributed by atoms with Gasteiger partial charge in [0.25, 0.3) is 0 Å². The fraction of sp³-hybridized carbons (Fsp3) is 0.263. The van der Waals surface area contributed by atoms with E-state index in [-0.39, 0.29) is 0 Å². The van der Waals surface area contributed by atoms with Gasteiger partial charge in [-0.05, 0) is 52.3 Å². The monoisotopic (exact) mass is 248 g/mol. The van der Waals surface area contributed by atoms with Gasteiger partial charge in [-0.15, -0.1) is 0 Å². The number of fused-ring (bicyclic) bond motifs is 1. The second-order valence-electron chi connectivity index (χ2n) is 5.15. The van der Waals surface area contributed by atoms with Crippen LogP contribution in [0.2, 0.25) is 0 Å². The molecule has 0 unspecified atom stereocenters. The van der Waals surface area contributed by atoms with Gasteiger partial charge in [-0.2, -0.15) is 0 Å². The van der Waals surface area contributed by atoms with E-state index in [4.69, 9.17) is 0 Å². The highest BCUT2D eigenvalue weighted by molar-refractivity contribution is 5.98. The fourth-order valence-electron chi connectivity index (χ4n) is 3.10. The van der Waals surface area contributed by atoms with Crippen molar-refractivity contribution in [3.63, 3.8) is 0 Å². The van der Waals surface area contributed by atoms with E-state index in [0.717, 1.165) is 19.3 Å². The molecule has 0 fully saturated rings. The van der Waals surface area contributed by atoms with Gasteiger partial charge in [-0.25, -0.2) is 0 Å². The summed E-state index contributed by atoms with van der Waals surface area (Å²) in [4.78, 5) is 0. The maximum absolute atomic E-state index is 2.41. The summed E-state index contributed by atoms with van der Waals surface area (Å²) in [5.74, 6) is 0. The molecule has 0 saturated heterocycles. The van der Waals surface area contributed by atoms with E-state index >= 15 is 0 Å². The molecule has 3 rings (SSSR count). The molecule has 2 aromatic carbocycles. The first-order chi connectivity index (χ1) is 9.35. The zero-order chi connectivity index (χ0) is 13.2. The van der Waals surface area contributed by atoms with Gasteiger partial charge in [0.15, 0.2) is 0 Å². The van der Waals surface area contributed by atoms with Crippen molar-refractivity contribution in [3.8, 4) is 0 Å². The summed E-state index contributed by atoms with van der Waals surface area (Å²) in [6.07, 6.45) is 9.97. The van der Waals surface area contributed by atoms with Crippen molar-refractivity contribution < 1.29 is 0 Å². The lowest BCUT2D eigenvalue weighted by atomic mass is 9.88. The predicted octanol–water partition coefficient (Wildman–Crippen LogP) is 5.31. The van der Waals surface area contributed by atoms with Crippen LogP contribution in [0.3, 0.4) is 0 Å². The van der Waals surface area contributed by atoms with E-state index < -0.39 is 0 Å². The molecule has 0 aromatic heterocycles. The van der Waals surface area contributed by atoms with Crippen LogP contribution in [0.15, 0.2) is 48.6 Å². The van der Waals surface area contributed by atoms with Crippen LogP contribution in [0.1, 0.15) is 37.0 Å². The first-order valence-electron chi connectivity index (χ1n) is 7.24. The fourth-order valence-corrected chi connectivity index (χ4v) is 3.10. The Morgan fingerprint density at radius 1 is 0.947 bits per heavy atom. The molecule has 19 heavy (non-hydrogen) atoms. The van der Waals surface area contributed by atoms with Crippen molar-refractivity contribution in [2.75, 3.05) is 0 Å². The van der Waals surface area contributed by atoms with Crippen molar-refractivity contribution in [3.05, 3.63) is 65.3 Å². The lowest BCUT2D eigenvalue weighted by Gasteiger charge is -2.16. The molecule has 0 nitrogen and oxygen atoms in total. The Morgan fingerprint density at radius 3 is 2.32 bits per heavy atom. The van der Waals surface area contributed by atoms with Crippen LogP contribution in [-0.4, -0.2) is 0 Å². The van der Waals surface area contributed by atoms with Gasteiger partial charge in [0.2, 0.25) is 0 Å². The quantitative estimate of drug-likeness (QED) is 0.690. The molecule has 1 aliphatic carbocycles. The molecular weight excluding hydrogens is 228 g/mol. The average molecular weight is 248 g/mol. The Hall–Kier alpha value is -1.82. The van der Waals surface area contributed by atoms with E-state index in [0.29, 0.717) is 0 Å². The van der Waals surface area contributed by atoms with Gasteiger partial charge in [-0.1, -0.05) is 62.4 Å². The average Bonchev–Trinajstić information content (AvgIpc) is 2.99. The number of hydrogen-bond acceptors (Lipinski definition) is 0. The van der Waals surface area contributed by atoms with Gasteiger partial charge in [-0.3, -0.25) is 0 Å². The molecule has 0 atom stereocenters. The van der Waals surface area contributed by atoms with Crippen LogP contribution in [0.4, 0.5) is 0 Å². The maximum atomic E-state index is 2.41. The number of allylic oxidation sites excluding steroid dienone is 4. The first kappa shape index (κ1) is 12.2. The molecule has 96 valence electrons. The normalized spacial score (nSPS) is 14.1. The van der Waals surface area contributed by atoms with E-state index in [1.807, 2.05) is 0 Å². The molecule has 0 aliphatic heterocycles. The lowest BCUT2D eigenvalue weighted by Crippen LogP contribution is -1.97. The van der Waals surface area contributed by atoms with Gasteiger partial charge < -0.3 is 0 Å². The third-order valence-electron chi connectivity index (χ3n) is 4.07. The summed E-state index contributed by atoms with van der Waals surface area (Å²) in [6.45, 7) is 4.51. The third kappa shape index (κ3) is 2.02. The van der Waals surface area contributed by atoms with Crippen LogP contribution in [-0.2, 0) is 12.8 Å². The zero-order valence-electron chi connectivity index (χ0n) is 11.7. The molecule has 0 heterocycles. The Bertz CT molecular complexity index is 672. The van der Waals surface area contributed by atoms with E-state index in [2.05, 4.69) is 62.4 Å².